The van der Waals surface area contributed by atoms with Gasteiger partial charge in [-0.3, -0.25) is 0 Å². The molecule has 0 atom stereocenters. The maximum atomic E-state index is 10.5. The van der Waals surface area contributed by atoms with Crippen LogP contribution >= 0.6 is 11.6 Å². The molecule has 0 unspecified atom stereocenters. The fraction of sp³-hybridized carbons (Fsp3) is 0.0667. The molecule has 1 aromatic carbocycles. The Hall–Kier alpha value is -2.53. The first kappa shape index (κ1) is 14.9. The predicted octanol–water partition coefficient (Wildman–Crippen LogP) is 3.64. The maximum Gasteiger partial charge on any atom is 0.328 e. The molecule has 2 rings (SSSR count). The normalized spacial score (nSPS) is 10.8. The number of aryl methyl sites for hydroxylation is 1. The second-order valence-electron chi connectivity index (χ2n) is 4.28. The minimum Gasteiger partial charge on any atom is -0.506 e. The zero-order valence-electron chi connectivity index (χ0n) is 11.1. The lowest BCUT2D eigenvalue weighted by molar-refractivity contribution is -0.131. The molecule has 108 valence electrons. The number of halogens is 1. The third-order valence-corrected chi connectivity index (χ3v) is 2.88. The summed E-state index contributed by atoms with van der Waals surface area (Å²) in [5, 5.41) is 18.1. The summed E-state index contributed by atoms with van der Waals surface area (Å²) in [5.41, 5.74) is 1.40. The first-order valence-electron chi connectivity index (χ1n) is 6.00. The number of rotatable bonds is 4. The van der Waals surface area contributed by atoms with Gasteiger partial charge in [-0.15, -0.1) is 0 Å². The molecule has 1 aromatic heterocycles. The van der Waals surface area contributed by atoms with Crippen molar-refractivity contribution in [3.05, 3.63) is 52.7 Å². The van der Waals surface area contributed by atoms with Gasteiger partial charge in [0.2, 0.25) is 5.88 Å². The molecule has 0 aliphatic carbocycles. The third kappa shape index (κ3) is 3.97. The molecule has 0 bridgehead atoms. The molecule has 0 aliphatic heterocycles. The van der Waals surface area contributed by atoms with E-state index in [0.29, 0.717) is 22.2 Å². The lowest BCUT2D eigenvalue weighted by Gasteiger charge is -2.10. The second-order valence-corrected chi connectivity index (χ2v) is 4.68. The van der Waals surface area contributed by atoms with Crippen LogP contribution in [0.1, 0.15) is 11.1 Å². The number of ether oxygens (including phenoxy) is 1. The lowest BCUT2D eigenvalue weighted by Crippen LogP contribution is -1.92. The molecule has 0 saturated heterocycles. The van der Waals surface area contributed by atoms with Crippen molar-refractivity contribution >= 4 is 23.6 Å². The molecule has 0 aliphatic rings. The van der Waals surface area contributed by atoms with E-state index in [1.165, 1.54) is 24.4 Å². The summed E-state index contributed by atoms with van der Waals surface area (Å²) >= 11 is 6.15. The average Bonchev–Trinajstić information content (AvgIpc) is 2.42. The number of aromatic nitrogens is 1. The van der Waals surface area contributed by atoms with Crippen LogP contribution in [0.5, 0.6) is 17.4 Å². The molecule has 0 fully saturated rings. The summed E-state index contributed by atoms with van der Waals surface area (Å²) in [6.07, 6.45) is 3.75. The van der Waals surface area contributed by atoms with Crippen LogP contribution in [-0.2, 0) is 4.79 Å². The number of carboxylic acids is 1. The molecule has 5 nitrogen and oxygen atoms in total. The van der Waals surface area contributed by atoms with Crippen molar-refractivity contribution in [1.29, 1.82) is 0 Å². The summed E-state index contributed by atoms with van der Waals surface area (Å²) in [6.45, 7) is 1.79. The number of nitrogens with zero attached hydrogens (tertiary/aromatic N) is 1. The predicted molar refractivity (Wildman–Crippen MR) is 78.8 cm³/mol. The van der Waals surface area contributed by atoms with Gasteiger partial charge in [-0.05, 0) is 42.3 Å². The number of aromatic hydroxyl groups is 1. The van der Waals surface area contributed by atoms with E-state index in [1.807, 2.05) is 0 Å². The first-order valence-corrected chi connectivity index (χ1v) is 6.37. The van der Waals surface area contributed by atoms with Crippen molar-refractivity contribution in [3.63, 3.8) is 0 Å². The van der Waals surface area contributed by atoms with Crippen LogP contribution in [0.2, 0.25) is 5.02 Å². The van der Waals surface area contributed by atoms with Crippen LogP contribution in [0.3, 0.4) is 0 Å². The van der Waals surface area contributed by atoms with E-state index in [1.54, 1.807) is 19.1 Å². The molecular formula is C15H12ClNO4. The van der Waals surface area contributed by atoms with Gasteiger partial charge in [0, 0.05) is 12.1 Å². The number of carboxylic acid groups (broad SMARTS) is 1. The van der Waals surface area contributed by atoms with E-state index in [9.17, 15) is 9.90 Å². The molecule has 2 N–H and O–H groups in total. The van der Waals surface area contributed by atoms with Gasteiger partial charge in [-0.1, -0.05) is 11.6 Å². The minimum absolute atomic E-state index is 0.0410. The Bertz CT molecular complexity index is 672. The number of benzene rings is 1. The van der Waals surface area contributed by atoms with Crippen LogP contribution in [0.15, 0.2) is 36.5 Å². The second kappa shape index (κ2) is 6.28. The standard InChI is InChI=1S/C15H12ClNO4/c1-9-6-10(2-5-14(19)20)7-12(16)15(9)21-13-4-3-11(18)8-17-13/h2-8,18H,1H3,(H,19,20)/b5-2+. The zero-order valence-corrected chi connectivity index (χ0v) is 11.8. The number of carbonyl (C=O) groups is 1. The van der Waals surface area contributed by atoms with Crippen LogP contribution in [0.4, 0.5) is 0 Å². The molecule has 0 spiro atoms. The van der Waals surface area contributed by atoms with E-state index in [4.69, 9.17) is 21.4 Å². The average molecular weight is 306 g/mol. The van der Waals surface area contributed by atoms with E-state index in [-0.39, 0.29) is 5.75 Å². The van der Waals surface area contributed by atoms with Crippen LogP contribution < -0.4 is 4.74 Å². The molecule has 0 radical (unpaired) electrons. The summed E-state index contributed by atoms with van der Waals surface area (Å²) < 4.78 is 5.58. The van der Waals surface area contributed by atoms with Crippen molar-refractivity contribution in [2.75, 3.05) is 0 Å². The van der Waals surface area contributed by atoms with Crippen LogP contribution in [0.25, 0.3) is 6.08 Å². The Morgan fingerprint density at radius 2 is 2.14 bits per heavy atom. The van der Waals surface area contributed by atoms with Crippen molar-refractivity contribution in [1.82, 2.24) is 4.98 Å². The molecule has 0 saturated carbocycles. The third-order valence-electron chi connectivity index (χ3n) is 2.60. The largest absolute Gasteiger partial charge is 0.506 e. The smallest absolute Gasteiger partial charge is 0.328 e. The summed E-state index contributed by atoms with van der Waals surface area (Å²) in [5.74, 6) is -0.259. The van der Waals surface area contributed by atoms with Gasteiger partial charge in [0.05, 0.1) is 11.2 Å². The Morgan fingerprint density at radius 1 is 1.38 bits per heavy atom. The van der Waals surface area contributed by atoms with Crippen molar-refractivity contribution in [2.24, 2.45) is 0 Å². The maximum absolute atomic E-state index is 10.5. The summed E-state index contributed by atoms with van der Waals surface area (Å²) in [6, 6.07) is 6.32. The van der Waals surface area contributed by atoms with Gasteiger partial charge >= 0.3 is 5.97 Å². The van der Waals surface area contributed by atoms with Gasteiger partial charge < -0.3 is 14.9 Å². The van der Waals surface area contributed by atoms with Gasteiger partial charge in [0.1, 0.15) is 5.75 Å². The number of aliphatic carboxylic acids is 1. The van der Waals surface area contributed by atoms with Gasteiger partial charge in [-0.2, -0.15) is 0 Å². The van der Waals surface area contributed by atoms with E-state index >= 15 is 0 Å². The Kier molecular flexibility index (Phi) is 4.45. The Labute approximate surface area is 126 Å². The molecular weight excluding hydrogens is 294 g/mol. The van der Waals surface area contributed by atoms with Crippen LogP contribution in [-0.4, -0.2) is 21.2 Å². The fourth-order valence-electron chi connectivity index (χ4n) is 1.69. The van der Waals surface area contributed by atoms with Gasteiger partial charge in [-0.25, -0.2) is 9.78 Å². The highest BCUT2D eigenvalue weighted by atomic mass is 35.5. The minimum atomic E-state index is -1.03. The van der Waals surface area contributed by atoms with E-state index in [0.717, 1.165) is 11.6 Å². The highest BCUT2D eigenvalue weighted by Gasteiger charge is 2.09. The Morgan fingerprint density at radius 3 is 2.71 bits per heavy atom. The molecule has 1 heterocycles. The summed E-state index contributed by atoms with van der Waals surface area (Å²) in [7, 11) is 0. The monoisotopic (exact) mass is 305 g/mol. The Balaban J connectivity index is 2.28. The van der Waals surface area contributed by atoms with Crippen LogP contribution in [0, 0.1) is 6.92 Å². The van der Waals surface area contributed by atoms with Gasteiger partial charge in [0.15, 0.2) is 5.75 Å². The quantitative estimate of drug-likeness (QED) is 0.843. The van der Waals surface area contributed by atoms with Gasteiger partial charge in [0.25, 0.3) is 0 Å². The molecule has 2 aromatic rings. The molecule has 21 heavy (non-hydrogen) atoms. The summed E-state index contributed by atoms with van der Waals surface area (Å²) in [4.78, 5) is 14.4. The number of pyridine rings is 1. The number of hydrogen-bond donors (Lipinski definition) is 2. The first-order chi connectivity index (χ1) is 9.95. The van der Waals surface area contributed by atoms with E-state index < -0.39 is 5.97 Å². The topological polar surface area (TPSA) is 79.7 Å². The fourth-order valence-corrected chi connectivity index (χ4v) is 2.00. The SMILES string of the molecule is Cc1cc(/C=C/C(=O)O)cc(Cl)c1Oc1ccc(O)cn1. The van der Waals surface area contributed by atoms with Crippen molar-refractivity contribution in [2.45, 2.75) is 6.92 Å². The number of hydrogen-bond acceptors (Lipinski definition) is 4. The van der Waals surface area contributed by atoms with E-state index in [2.05, 4.69) is 4.98 Å². The zero-order chi connectivity index (χ0) is 15.4. The van der Waals surface area contributed by atoms with Crippen molar-refractivity contribution in [3.8, 4) is 17.4 Å². The highest BCUT2D eigenvalue weighted by molar-refractivity contribution is 6.32. The highest BCUT2D eigenvalue weighted by Crippen LogP contribution is 2.33. The molecule has 0 amide bonds. The van der Waals surface area contributed by atoms with Crippen molar-refractivity contribution < 1.29 is 19.7 Å². The lowest BCUT2D eigenvalue weighted by atomic mass is 10.1. The molecule has 6 heteroatoms.